The summed E-state index contributed by atoms with van der Waals surface area (Å²) < 4.78 is 51.6. The number of para-hydroxylation sites is 1. The van der Waals surface area contributed by atoms with Crippen molar-refractivity contribution in [1.82, 2.24) is 0 Å². The van der Waals surface area contributed by atoms with Crippen molar-refractivity contribution in [1.29, 1.82) is 0 Å². The molecule has 8 nitrogen and oxygen atoms in total. The summed E-state index contributed by atoms with van der Waals surface area (Å²) in [6.07, 6.45) is -1.44. The van der Waals surface area contributed by atoms with E-state index in [1.54, 1.807) is 18.2 Å². The minimum Gasteiger partial charge on any atom is -0.478 e. The van der Waals surface area contributed by atoms with Gasteiger partial charge in [-0.25, -0.2) is 21.6 Å². The molecular weight excluding hydrogens is 430 g/mol. The maximum Gasteiger partial charge on any atom is 0.335 e. The Morgan fingerprint density at radius 3 is 2.29 bits per heavy atom. The molecule has 2 aromatic carbocycles. The number of anilines is 1. The van der Waals surface area contributed by atoms with Gasteiger partial charge in [-0.1, -0.05) is 29.8 Å². The molecule has 28 heavy (non-hydrogen) atoms. The molecule has 0 amide bonds. The summed E-state index contributed by atoms with van der Waals surface area (Å²) >= 11 is 6.04. The van der Waals surface area contributed by atoms with E-state index in [-0.39, 0.29) is 16.3 Å². The zero-order chi connectivity index (χ0) is 20.7. The van der Waals surface area contributed by atoms with Gasteiger partial charge in [0.25, 0.3) is 10.0 Å². The van der Waals surface area contributed by atoms with Gasteiger partial charge in [-0.15, -0.1) is 0 Å². The first kappa shape index (κ1) is 20.6. The number of aliphatic hydroxyl groups is 1. The standard InChI is InChI=1S/C17H16ClNO7S2/c18-13-7-6-11(17(21)22)8-16(13)28(25,26)19(12-4-2-1-3-5-12)14-9-27(23,24)10-15(14)20/h1-8,14-15,20H,9-10H2,(H,21,22)/t14-,15-/m1/s1. The Morgan fingerprint density at radius 2 is 1.75 bits per heavy atom. The number of carboxylic acids is 1. The first-order valence-corrected chi connectivity index (χ1v) is 11.7. The highest BCUT2D eigenvalue weighted by Crippen LogP contribution is 2.34. The molecule has 1 saturated heterocycles. The van der Waals surface area contributed by atoms with Gasteiger partial charge in [0.2, 0.25) is 0 Å². The van der Waals surface area contributed by atoms with Crippen LogP contribution in [0.1, 0.15) is 10.4 Å². The van der Waals surface area contributed by atoms with E-state index < -0.39 is 54.4 Å². The molecule has 1 aliphatic heterocycles. The Balaban J connectivity index is 2.21. The van der Waals surface area contributed by atoms with E-state index in [0.717, 1.165) is 22.5 Å². The highest BCUT2D eigenvalue weighted by molar-refractivity contribution is 7.93. The fourth-order valence-corrected chi connectivity index (χ4v) is 7.11. The van der Waals surface area contributed by atoms with Crippen LogP contribution in [0.2, 0.25) is 5.02 Å². The first-order chi connectivity index (χ1) is 13.0. The number of benzene rings is 2. The maximum atomic E-state index is 13.4. The molecule has 2 atom stereocenters. The molecule has 0 aliphatic carbocycles. The Hall–Kier alpha value is -2.14. The average molecular weight is 446 g/mol. The second-order valence-corrected chi connectivity index (χ2v) is 10.6. The summed E-state index contributed by atoms with van der Waals surface area (Å²) in [6, 6.07) is 9.59. The Bertz CT molecular complexity index is 1120. The summed E-state index contributed by atoms with van der Waals surface area (Å²) in [7, 11) is -8.15. The van der Waals surface area contributed by atoms with Crippen molar-refractivity contribution in [3.63, 3.8) is 0 Å². The number of hydrogen-bond donors (Lipinski definition) is 2. The molecule has 3 rings (SSSR count). The minimum atomic E-state index is -4.49. The molecule has 0 saturated carbocycles. The third kappa shape index (κ3) is 3.86. The van der Waals surface area contributed by atoms with E-state index in [9.17, 15) is 31.8 Å². The minimum absolute atomic E-state index is 0.125. The van der Waals surface area contributed by atoms with Crippen molar-refractivity contribution < 1.29 is 31.8 Å². The van der Waals surface area contributed by atoms with E-state index >= 15 is 0 Å². The summed E-state index contributed by atoms with van der Waals surface area (Å²) in [5, 5.41) is 19.2. The van der Waals surface area contributed by atoms with Crippen LogP contribution in [0.5, 0.6) is 0 Å². The summed E-state index contributed by atoms with van der Waals surface area (Å²) in [4.78, 5) is 10.8. The SMILES string of the molecule is O=C(O)c1ccc(Cl)c(S(=O)(=O)N(c2ccccc2)[C@@H]2CS(=O)(=O)C[C@H]2O)c1. The van der Waals surface area contributed by atoms with Gasteiger partial charge in [-0.05, 0) is 30.3 Å². The van der Waals surface area contributed by atoms with Crippen LogP contribution in [0.3, 0.4) is 0 Å². The number of carboxylic acid groups (broad SMARTS) is 1. The highest BCUT2D eigenvalue weighted by Gasteiger charge is 2.45. The molecule has 0 spiro atoms. The topological polar surface area (TPSA) is 129 Å². The molecule has 150 valence electrons. The predicted molar refractivity (Wildman–Crippen MR) is 103 cm³/mol. The summed E-state index contributed by atoms with van der Waals surface area (Å²) in [5.41, 5.74) is -0.170. The number of rotatable bonds is 5. The van der Waals surface area contributed by atoms with Crippen molar-refractivity contribution in [3.05, 3.63) is 59.1 Å². The number of sulfone groups is 1. The van der Waals surface area contributed by atoms with Crippen molar-refractivity contribution >= 4 is 43.1 Å². The van der Waals surface area contributed by atoms with Gasteiger partial charge in [-0.2, -0.15) is 0 Å². The molecule has 0 radical (unpaired) electrons. The van der Waals surface area contributed by atoms with Crippen LogP contribution < -0.4 is 4.31 Å². The summed E-state index contributed by atoms with van der Waals surface area (Å²) in [6.45, 7) is 0. The monoisotopic (exact) mass is 445 g/mol. The van der Waals surface area contributed by atoms with E-state index in [1.165, 1.54) is 12.1 Å². The third-order valence-corrected chi connectivity index (χ3v) is 8.35. The van der Waals surface area contributed by atoms with Gasteiger partial charge in [-0.3, -0.25) is 4.31 Å². The van der Waals surface area contributed by atoms with Gasteiger partial charge in [0.15, 0.2) is 9.84 Å². The second kappa shape index (κ2) is 7.36. The number of hydrogen-bond acceptors (Lipinski definition) is 6. The maximum absolute atomic E-state index is 13.4. The lowest BCUT2D eigenvalue weighted by Crippen LogP contribution is -2.47. The van der Waals surface area contributed by atoms with Crippen molar-refractivity contribution in [2.45, 2.75) is 17.0 Å². The van der Waals surface area contributed by atoms with Crippen molar-refractivity contribution in [2.24, 2.45) is 0 Å². The van der Waals surface area contributed by atoms with E-state index in [4.69, 9.17) is 11.6 Å². The molecule has 1 fully saturated rings. The fourth-order valence-electron chi connectivity index (χ4n) is 3.06. The van der Waals surface area contributed by atoms with Crippen LogP contribution in [0, 0.1) is 0 Å². The number of nitrogens with zero attached hydrogens (tertiary/aromatic N) is 1. The average Bonchev–Trinajstić information content (AvgIpc) is 2.88. The van der Waals surface area contributed by atoms with E-state index in [2.05, 4.69) is 0 Å². The zero-order valence-corrected chi connectivity index (χ0v) is 16.7. The van der Waals surface area contributed by atoms with Crippen LogP contribution in [-0.2, 0) is 19.9 Å². The molecule has 0 bridgehead atoms. The predicted octanol–water partition coefficient (Wildman–Crippen LogP) is 1.39. The molecule has 1 heterocycles. The smallest absolute Gasteiger partial charge is 0.335 e. The Kier molecular flexibility index (Phi) is 5.41. The molecular formula is C17H16ClNO7S2. The molecule has 2 aromatic rings. The number of carbonyl (C=O) groups is 1. The normalized spacial score (nSPS) is 21.4. The van der Waals surface area contributed by atoms with Crippen LogP contribution in [-0.4, -0.2) is 56.7 Å². The lowest BCUT2D eigenvalue weighted by molar-refractivity contribution is 0.0696. The molecule has 2 N–H and O–H groups in total. The quantitative estimate of drug-likeness (QED) is 0.711. The van der Waals surface area contributed by atoms with Gasteiger partial charge in [0, 0.05) is 0 Å². The van der Waals surface area contributed by atoms with E-state index in [0.29, 0.717) is 0 Å². The van der Waals surface area contributed by atoms with Crippen LogP contribution >= 0.6 is 11.6 Å². The first-order valence-electron chi connectivity index (χ1n) is 8.04. The van der Waals surface area contributed by atoms with Gasteiger partial charge < -0.3 is 10.2 Å². The van der Waals surface area contributed by atoms with Crippen LogP contribution in [0.15, 0.2) is 53.4 Å². The highest BCUT2D eigenvalue weighted by atomic mass is 35.5. The lowest BCUT2D eigenvalue weighted by atomic mass is 10.2. The van der Waals surface area contributed by atoms with Crippen LogP contribution in [0.4, 0.5) is 5.69 Å². The second-order valence-electron chi connectivity index (χ2n) is 6.30. The van der Waals surface area contributed by atoms with Crippen LogP contribution in [0.25, 0.3) is 0 Å². The zero-order valence-electron chi connectivity index (χ0n) is 14.3. The Morgan fingerprint density at radius 1 is 1.11 bits per heavy atom. The van der Waals surface area contributed by atoms with Crippen molar-refractivity contribution in [2.75, 3.05) is 15.8 Å². The number of sulfonamides is 1. The van der Waals surface area contributed by atoms with Gasteiger partial charge in [0.1, 0.15) is 4.90 Å². The van der Waals surface area contributed by atoms with Gasteiger partial charge >= 0.3 is 5.97 Å². The van der Waals surface area contributed by atoms with Crippen molar-refractivity contribution in [3.8, 4) is 0 Å². The Labute approximate surface area is 167 Å². The number of halogens is 1. The lowest BCUT2D eigenvalue weighted by Gasteiger charge is -2.31. The molecule has 1 aliphatic rings. The molecule has 0 unspecified atom stereocenters. The third-order valence-electron chi connectivity index (χ3n) is 4.32. The molecule has 11 heteroatoms. The fraction of sp³-hybridized carbons (Fsp3) is 0.235. The summed E-state index contributed by atoms with van der Waals surface area (Å²) in [5.74, 6) is -2.49. The van der Waals surface area contributed by atoms with E-state index in [1.807, 2.05) is 0 Å². The molecule has 0 aromatic heterocycles. The number of aromatic carboxylic acids is 1. The number of aliphatic hydroxyl groups excluding tert-OH is 1. The largest absolute Gasteiger partial charge is 0.478 e. The van der Waals surface area contributed by atoms with Gasteiger partial charge in [0.05, 0.1) is 39.9 Å².